The summed E-state index contributed by atoms with van der Waals surface area (Å²) >= 11 is 0. The first-order valence-corrected chi connectivity index (χ1v) is 3.66. The minimum atomic E-state index is -2.85. The first-order chi connectivity index (χ1) is 5.35. The first kappa shape index (κ1) is 11.8. The van der Waals surface area contributed by atoms with E-state index in [1.54, 1.807) is 6.92 Å². The summed E-state index contributed by atoms with van der Waals surface area (Å²) in [4.78, 5) is 0. The second-order valence-corrected chi connectivity index (χ2v) is 2.80. The van der Waals surface area contributed by atoms with E-state index in [1.165, 1.54) is 0 Å². The Kier molecular flexibility index (Phi) is 4.61. The molecule has 0 fully saturated rings. The van der Waals surface area contributed by atoms with Gasteiger partial charge in [0.25, 0.3) is 5.97 Å². The maximum absolute atomic E-state index is 9.04. The van der Waals surface area contributed by atoms with E-state index in [1.807, 2.05) is 0 Å². The summed E-state index contributed by atoms with van der Waals surface area (Å²) in [6, 6.07) is -0.151. The molecule has 74 valence electrons. The molecule has 0 aliphatic heterocycles. The van der Waals surface area contributed by atoms with E-state index in [-0.39, 0.29) is 6.04 Å². The van der Waals surface area contributed by atoms with Gasteiger partial charge in [0.1, 0.15) is 6.23 Å². The molecule has 12 heavy (non-hydrogen) atoms. The van der Waals surface area contributed by atoms with Crippen LogP contribution in [0.15, 0.2) is 0 Å². The van der Waals surface area contributed by atoms with Crippen molar-refractivity contribution in [3.63, 3.8) is 0 Å². The summed E-state index contributed by atoms with van der Waals surface area (Å²) in [6.45, 7) is 2.03. The number of hydrogen-bond donors (Lipinski definition) is 6. The van der Waals surface area contributed by atoms with Crippen LogP contribution in [0.3, 0.4) is 0 Å². The summed E-state index contributed by atoms with van der Waals surface area (Å²) < 4.78 is 0. The highest BCUT2D eigenvalue weighted by atomic mass is 16.7. The van der Waals surface area contributed by atoms with Gasteiger partial charge in [-0.25, -0.2) is 0 Å². The van der Waals surface area contributed by atoms with E-state index < -0.39 is 18.6 Å². The van der Waals surface area contributed by atoms with Gasteiger partial charge in [-0.15, -0.1) is 0 Å². The number of rotatable bonds is 5. The molecular formula is C6H16N2O4. The van der Waals surface area contributed by atoms with Crippen LogP contribution in [0.5, 0.6) is 0 Å². The number of aliphatic hydroxyl groups is 4. The Balaban J connectivity index is 3.66. The van der Waals surface area contributed by atoms with Crippen LogP contribution >= 0.6 is 0 Å². The van der Waals surface area contributed by atoms with Crippen molar-refractivity contribution in [1.82, 2.24) is 5.32 Å². The zero-order valence-corrected chi connectivity index (χ0v) is 6.94. The van der Waals surface area contributed by atoms with Crippen molar-refractivity contribution in [3.05, 3.63) is 0 Å². The largest absolute Gasteiger partial charge is 0.378 e. The van der Waals surface area contributed by atoms with Gasteiger partial charge in [-0.2, -0.15) is 0 Å². The SMILES string of the molecule is CC(CN)NC(O)CC(O)(O)O. The summed E-state index contributed by atoms with van der Waals surface area (Å²) in [5.74, 6) is -2.85. The molecule has 0 bridgehead atoms. The molecule has 0 saturated heterocycles. The number of nitrogens with one attached hydrogen (secondary N) is 1. The number of aliphatic hydroxyl groups excluding tert-OH is 1. The molecule has 0 aromatic carbocycles. The highest BCUT2D eigenvalue weighted by Gasteiger charge is 2.23. The van der Waals surface area contributed by atoms with Crippen LogP contribution in [0.2, 0.25) is 0 Å². The minimum absolute atomic E-state index is 0.151. The first-order valence-electron chi connectivity index (χ1n) is 3.66. The predicted octanol–water partition coefficient (Wildman–Crippen LogP) is -2.74. The van der Waals surface area contributed by atoms with Gasteiger partial charge in [0, 0.05) is 12.6 Å². The Bertz CT molecular complexity index is 125. The fourth-order valence-electron chi connectivity index (χ4n) is 0.715. The predicted molar refractivity (Wildman–Crippen MR) is 41.7 cm³/mol. The third-order valence-corrected chi connectivity index (χ3v) is 1.30. The Hall–Kier alpha value is -0.240. The summed E-state index contributed by atoms with van der Waals surface area (Å²) in [5.41, 5.74) is 5.22. The van der Waals surface area contributed by atoms with Crippen molar-refractivity contribution < 1.29 is 20.4 Å². The highest BCUT2D eigenvalue weighted by Crippen LogP contribution is 2.03. The van der Waals surface area contributed by atoms with Crippen molar-refractivity contribution in [2.24, 2.45) is 5.73 Å². The second kappa shape index (κ2) is 4.70. The molecule has 0 radical (unpaired) electrons. The number of nitrogens with two attached hydrogens (primary N) is 1. The zero-order chi connectivity index (χ0) is 9.78. The van der Waals surface area contributed by atoms with E-state index in [4.69, 9.17) is 26.2 Å². The average Bonchev–Trinajstić information content (AvgIpc) is 1.82. The van der Waals surface area contributed by atoms with E-state index in [0.29, 0.717) is 6.54 Å². The Morgan fingerprint density at radius 1 is 1.42 bits per heavy atom. The maximum Gasteiger partial charge on any atom is 0.279 e. The summed E-state index contributed by atoms with van der Waals surface area (Å²) in [6.07, 6.45) is -1.78. The van der Waals surface area contributed by atoms with E-state index >= 15 is 0 Å². The van der Waals surface area contributed by atoms with Crippen molar-refractivity contribution in [2.75, 3.05) is 6.54 Å². The van der Waals surface area contributed by atoms with Gasteiger partial charge in [0.2, 0.25) is 0 Å². The fraction of sp³-hybridized carbons (Fsp3) is 1.00. The Labute approximate surface area is 70.6 Å². The molecule has 0 heterocycles. The molecule has 0 spiro atoms. The van der Waals surface area contributed by atoms with Gasteiger partial charge in [0.15, 0.2) is 0 Å². The molecule has 0 saturated carbocycles. The van der Waals surface area contributed by atoms with Crippen LogP contribution in [0, 0.1) is 0 Å². The highest BCUT2D eigenvalue weighted by molar-refractivity contribution is 4.65. The molecule has 0 aliphatic rings. The van der Waals surface area contributed by atoms with Gasteiger partial charge in [-0.3, -0.25) is 5.32 Å². The molecule has 0 aromatic heterocycles. The average molecular weight is 180 g/mol. The standard InChI is InChI=1S/C6H16N2O4/c1-4(3-7)8-5(9)2-6(10,11)12/h4-5,8-12H,2-3,7H2,1H3. The molecular weight excluding hydrogens is 164 g/mol. The molecule has 7 N–H and O–H groups in total. The maximum atomic E-state index is 9.04. The van der Waals surface area contributed by atoms with Crippen molar-refractivity contribution in [3.8, 4) is 0 Å². The monoisotopic (exact) mass is 180 g/mol. The van der Waals surface area contributed by atoms with Crippen LogP contribution in [0.1, 0.15) is 13.3 Å². The van der Waals surface area contributed by atoms with E-state index in [2.05, 4.69) is 5.32 Å². The van der Waals surface area contributed by atoms with Gasteiger partial charge < -0.3 is 26.2 Å². The fourth-order valence-corrected chi connectivity index (χ4v) is 0.715. The number of hydrogen-bond acceptors (Lipinski definition) is 6. The molecule has 0 aliphatic carbocycles. The molecule has 0 rings (SSSR count). The van der Waals surface area contributed by atoms with Crippen molar-refractivity contribution >= 4 is 0 Å². The van der Waals surface area contributed by atoms with Crippen LogP contribution in [0.4, 0.5) is 0 Å². The van der Waals surface area contributed by atoms with Gasteiger partial charge >= 0.3 is 0 Å². The Morgan fingerprint density at radius 3 is 2.25 bits per heavy atom. The van der Waals surface area contributed by atoms with E-state index in [9.17, 15) is 0 Å². The quantitative estimate of drug-likeness (QED) is 0.255. The molecule has 2 unspecified atom stereocenters. The summed E-state index contributed by atoms with van der Waals surface area (Å²) in [5, 5.41) is 36.9. The Morgan fingerprint density at radius 2 is 1.92 bits per heavy atom. The molecule has 6 nitrogen and oxygen atoms in total. The van der Waals surface area contributed by atoms with Crippen LogP contribution in [-0.4, -0.2) is 45.2 Å². The second-order valence-electron chi connectivity index (χ2n) is 2.80. The molecule has 2 atom stereocenters. The van der Waals surface area contributed by atoms with Gasteiger partial charge in [-0.05, 0) is 6.92 Å². The lowest BCUT2D eigenvalue weighted by atomic mass is 10.3. The van der Waals surface area contributed by atoms with Gasteiger partial charge in [0.05, 0.1) is 6.42 Å². The summed E-state index contributed by atoms with van der Waals surface area (Å²) in [7, 11) is 0. The normalized spacial score (nSPS) is 17.5. The molecule has 0 amide bonds. The lowest BCUT2D eigenvalue weighted by molar-refractivity contribution is -0.323. The third kappa shape index (κ3) is 6.47. The topological polar surface area (TPSA) is 119 Å². The minimum Gasteiger partial charge on any atom is -0.378 e. The van der Waals surface area contributed by atoms with E-state index in [0.717, 1.165) is 0 Å². The lowest BCUT2D eigenvalue weighted by Gasteiger charge is -2.21. The van der Waals surface area contributed by atoms with Crippen molar-refractivity contribution in [2.45, 2.75) is 31.6 Å². The van der Waals surface area contributed by atoms with Crippen LogP contribution < -0.4 is 11.1 Å². The third-order valence-electron chi connectivity index (χ3n) is 1.30. The zero-order valence-electron chi connectivity index (χ0n) is 6.94. The molecule has 6 heteroatoms. The van der Waals surface area contributed by atoms with Crippen molar-refractivity contribution in [1.29, 1.82) is 0 Å². The van der Waals surface area contributed by atoms with Crippen LogP contribution in [-0.2, 0) is 0 Å². The smallest absolute Gasteiger partial charge is 0.279 e. The van der Waals surface area contributed by atoms with Gasteiger partial charge in [-0.1, -0.05) is 0 Å². The van der Waals surface area contributed by atoms with Crippen LogP contribution in [0.25, 0.3) is 0 Å². The lowest BCUT2D eigenvalue weighted by Crippen LogP contribution is -2.45. The molecule has 0 aromatic rings.